The zero-order valence-electron chi connectivity index (χ0n) is 14.8. The number of amides is 1. The molecular weight excluding hydrogens is 330 g/mol. The van der Waals surface area contributed by atoms with Gasteiger partial charge in [-0.15, -0.1) is 0 Å². The maximum atomic E-state index is 12.8. The molecule has 134 valence electrons. The molecule has 4 rings (SSSR count). The summed E-state index contributed by atoms with van der Waals surface area (Å²) in [6.07, 6.45) is 1.70. The van der Waals surface area contributed by atoms with Crippen LogP contribution in [0.5, 0.6) is 0 Å². The number of aliphatic hydroxyl groups excluding tert-OH is 1. The van der Waals surface area contributed by atoms with Crippen molar-refractivity contribution < 1.29 is 14.4 Å². The van der Waals surface area contributed by atoms with E-state index >= 15 is 0 Å². The lowest BCUT2D eigenvalue weighted by atomic mass is 10.1. The van der Waals surface area contributed by atoms with Crippen LogP contribution in [0.25, 0.3) is 11.1 Å². The topological polar surface area (TPSA) is 88.2 Å². The summed E-state index contributed by atoms with van der Waals surface area (Å²) in [4.78, 5) is 17.3. The number of benzene rings is 1. The zero-order chi connectivity index (χ0) is 18.3. The number of nitrogens with one attached hydrogen (secondary N) is 1. The highest BCUT2D eigenvalue weighted by Gasteiger charge is 2.28. The molecule has 0 bridgehead atoms. The molecule has 2 heterocycles. The van der Waals surface area contributed by atoms with E-state index < -0.39 is 6.10 Å². The Bertz CT molecular complexity index is 956. The van der Waals surface area contributed by atoms with E-state index in [0.717, 1.165) is 29.7 Å². The van der Waals surface area contributed by atoms with Crippen LogP contribution in [-0.2, 0) is 6.54 Å². The number of hydrogen-bond donors (Lipinski definition) is 2. The van der Waals surface area contributed by atoms with Crippen LogP contribution in [0, 0.1) is 6.92 Å². The number of carbonyl (C=O) groups excluding carboxylic acids is 1. The first-order chi connectivity index (χ1) is 12.5. The lowest BCUT2D eigenvalue weighted by Gasteiger charge is -2.09. The van der Waals surface area contributed by atoms with Gasteiger partial charge in [0.2, 0.25) is 0 Å². The van der Waals surface area contributed by atoms with Gasteiger partial charge in [0.15, 0.2) is 0 Å². The fraction of sp³-hybridized carbons (Fsp3) is 0.350. The molecule has 0 unspecified atom stereocenters. The Labute approximate surface area is 151 Å². The van der Waals surface area contributed by atoms with Crippen molar-refractivity contribution in [3.05, 3.63) is 58.4 Å². The summed E-state index contributed by atoms with van der Waals surface area (Å²) in [7, 11) is 0. The third-order valence-corrected chi connectivity index (χ3v) is 4.79. The van der Waals surface area contributed by atoms with Gasteiger partial charge in [-0.1, -0.05) is 29.4 Å². The lowest BCUT2D eigenvalue weighted by molar-refractivity contribution is 0.0952. The van der Waals surface area contributed by atoms with Crippen molar-refractivity contribution in [2.75, 3.05) is 0 Å². The molecule has 1 amide bonds. The second-order valence-electron chi connectivity index (χ2n) is 6.92. The molecule has 0 aliphatic heterocycles. The fourth-order valence-electron chi connectivity index (χ4n) is 3.07. The Morgan fingerprint density at radius 1 is 1.35 bits per heavy atom. The monoisotopic (exact) mass is 351 g/mol. The third kappa shape index (κ3) is 3.20. The molecule has 1 fully saturated rings. The molecule has 2 aromatic heterocycles. The third-order valence-electron chi connectivity index (χ3n) is 4.79. The number of nitrogens with zero attached hydrogens (tertiary/aromatic N) is 2. The molecule has 1 aliphatic carbocycles. The van der Waals surface area contributed by atoms with E-state index in [1.807, 2.05) is 37.3 Å². The Kier molecular flexibility index (Phi) is 4.20. The van der Waals surface area contributed by atoms with Gasteiger partial charge in [-0.2, -0.15) is 0 Å². The molecule has 1 atom stereocenters. The second-order valence-corrected chi connectivity index (χ2v) is 6.92. The van der Waals surface area contributed by atoms with Crippen LogP contribution >= 0.6 is 0 Å². The highest BCUT2D eigenvalue weighted by atomic mass is 16.5. The van der Waals surface area contributed by atoms with E-state index in [0.29, 0.717) is 34.8 Å². The van der Waals surface area contributed by atoms with Crippen LogP contribution < -0.4 is 5.32 Å². The molecule has 1 saturated carbocycles. The van der Waals surface area contributed by atoms with Crippen molar-refractivity contribution in [2.24, 2.45) is 0 Å². The normalized spacial score (nSPS) is 15.2. The predicted molar refractivity (Wildman–Crippen MR) is 96.8 cm³/mol. The molecular formula is C20H21N3O3. The van der Waals surface area contributed by atoms with Gasteiger partial charge in [0.25, 0.3) is 11.6 Å². The lowest BCUT2D eigenvalue weighted by Crippen LogP contribution is -2.23. The van der Waals surface area contributed by atoms with Crippen LogP contribution in [0.2, 0.25) is 0 Å². The number of aliphatic hydroxyl groups is 1. The largest absolute Gasteiger partial charge is 0.389 e. The molecule has 0 radical (unpaired) electrons. The maximum absolute atomic E-state index is 12.8. The molecule has 0 spiro atoms. The Morgan fingerprint density at radius 3 is 2.73 bits per heavy atom. The fourth-order valence-corrected chi connectivity index (χ4v) is 3.07. The number of pyridine rings is 1. The van der Waals surface area contributed by atoms with Gasteiger partial charge in [0.05, 0.1) is 22.7 Å². The summed E-state index contributed by atoms with van der Waals surface area (Å²) in [6, 6.07) is 9.42. The summed E-state index contributed by atoms with van der Waals surface area (Å²) in [6.45, 7) is 3.95. The van der Waals surface area contributed by atoms with Gasteiger partial charge < -0.3 is 14.9 Å². The Balaban J connectivity index is 1.56. The number of aryl methyl sites for hydroxylation is 1. The smallest absolute Gasteiger partial charge is 0.259 e. The van der Waals surface area contributed by atoms with E-state index in [9.17, 15) is 9.90 Å². The molecule has 6 heteroatoms. The minimum atomic E-state index is -0.499. The highest BCUT2D eigenvalue weighted by molar-refractivity contribution is 6.06. The van der Waals surface area contributed by atoms with Gasteiger partial charge in [-0.25, -0.2) is 4.98 Å². The predicted octanol–water partition coefficient (Wildman–Crippen LogP) is 3.39. The summed E-state index contributed by atoms with van der Waals surface area (Å²) in [5.74, 6) is 0.259. The first kappa shape index (κ1) is 16.7. The van der Waals surface area contributed by atoms with Gasteiger partial charge >= 0.3 is 0 Å². The van der Waals surface area contributed by atoms with Crippen LogP contribution in [0.3, 0.4) is 0 Å². The number of fused-ring (bicyclic) bond motifs is 1. The maximum Gasteiger partial charge on any atom is 0.259 e. The van der Waals surface area contributed by atoms with Crippen molar-refractivity contribution in [1.82, 2.24) is 15.5 Å². The van der Waals surface area contributed by atoms with Crippen LogP contribution in [0.1, 0.15) is 64.7 Å². The molecule has 2 N–H and O–H groups in total. The minimum Gasteiger partial charge on any atom is -0.389 e. The van der Waals surface area contributed by atoms with Crippen LogP contribution in [0.15, 0.2) is 34.9 Å². The average Bonchev–Trinajstić information content (AvgIpc) is 3.43. The number of hydrogen-bond acceptors (Lipinski definition) is 5. The van der Waals surface area contributed by atoms with E-state index in [-0.39, 0.29) is 5.91 Å². The Morgan fingerprint density at radius 2 is 2.08 bits per heavy atom. The summed E-state index contributed by atoms with van der Waals surface area (Å²) >= 11 is 0. The summed E-state index contributed by atoms with van der Waals surface area (Å²) in [5.41, 5.74) is 4.39. The van der Waals surface area contributed by atoms with Crippen molar-refractivity contribution in [1.29, 1.82) is 0 Å². The second kappa shape index (κ2) is 6.53. The molecule has 6 nitrogen and oxygen atoms in total. The van der Waals surface area contributed by atoms with E-state index in [2.05, 4.69) is 15.5 Å². The number of carbonyl (C=O) groups is 1. The molecule has 0 saturated heterocycles. The van der Waals surface area contributed by atoms with Crippen LogP contribution in [-0.4, -0.2) is 21.2 Å². The average molecular weight is 351 g/mol. The van der Waals surface area contributed by atoms with Crippen molar-refractivity contribution in [3.8, 4) is 0 Å². The quantitative estimate of drug-likeness (QED) is 0.735. The molecule has 26 heavy (non-hydrogen) atoms. The minimum absolute atomic E-state index is 0.162. The zero-order valence-corrected chi connectivity index (χ0v) is 14.8. The van der Waals surface area contributed by atoms with Crippen molar-refractivity contribution in [3.63, 3.8) is 0 Å². The highest BCUT2D eigenvalue weighted by Crippen LogP contribution is 2.40. The van der Waals surface area contributed by atoms with E-state index in [1.54, 1.807) is 6.92 Å². The number of aromatic nitrogens is 2. The SMILES string of the molecule is Cc1noc2nc(C3CC3)cc(C(=O)NCc3ccc([C@H](C)O)cc3)c12. The standard InChI is InChI=1S/C20H21N3O3/c1-11-18-16(9-17(15-7-8-15)22-20(18)26-23-11)19(25)21-10-13-3-5-14(6-4-13)12(2)24/h3-6,9,12,15,24H,7-8,10H2,1-2H3,(H,21,25)/t12-/m0/s1. The van der Waals surface area contributed by atoms with E-state index in [1.165, 1.54) is 0 Å². The van der Waals surface area contributed by atoms with Crippen LogP contribution in [0.4, 0.5) is 0 Å². The van der Waals surface area contributed by atoms with Gasteiger partial charge in [0, 0.05) is 18.2 Å². The van der Waals surface area contributed by atoms with Gasteiger partial charge in [0.1, 0.15) is 0 Å². The van der Waals surface area contributed by atoms with Gasteiger partial charge in [-0.05, 0) is 43.9 Å². The van der Waals surface area contributed by atoms with Crippen molar-refractivity contribution in [2.45, 2.75) is 45.3 Å². The first-order valence-electron chi connectivity index (χ1n) is 8.85. The first-order valence-corrected chi connectivity index (χ1v) is 8.85. The Hall–Kier alpha value is -2.73. The van der Waals surface area contributed by atoms with Crippen molar-refractivity contribution >= 4 is 17.0 Å². The van der Waals surface area contributed by atoms with E-state index in [4.69, 9.17) is 4.52 Å². The summed E-state index contributed by atoms with van der Waals surface area (Å²) in [5, 5.41) is 17.2. The molecule has 1 aliphatic rings. The number of rotatable bonds is 5. The molecule has 3 aromatic rings. The van der Waals surface area contributed by atoms with Gasteiger partial charge in [-0.3, -0.25) is 4.79 Å². The molecule has 1 aromatic carbocycles. The summed E-state index contributed by atoms with van der Waals surface area (Å²) < 4.78 is 5.29.